The molecule has 4 aliphatic heterocycles. The van der Waals surface area contributed by atoms with Gasteiger partial charge in [0.25, 0.3) is 17.4 Å². The number of urea groups is 1. The number of phosphoric ester groups is 2. The number of amides is 8. The minimum Gasteiger partial charge on any atom is -0.444 e. The standard InChI is InChI=1S/C49H62N16O21P2/c1-23(2)32(59-29(66)8-4-3-5-16-63-30(67)13-14-31(63)68)43(72)58-26(7-6-15-52-48(51)74)42(71)57-25-11-9-24(10-12-25)17-80-49(75)60-39-33-40(54-20-53-39)64(21-55-33)46-38-35(69)27(83-46)18-81-87(76,77)85-37-28(19-82-88(78,79)86-38)84-45(36(37)70)65-22-56-34-41(65)61-47(50)62-44(34)73/h9-14,20-23,26-28,32,35-38,45-46,69-70H,3-8,15-19H2,1-2H3,(H,57,71)(H,58,72)(H,59,66)(H,76,77)(H,78,79)(H3,51,52,74)(H3,50,61,62,73)(H,53,54,60,75)/t26-,27+,28+,32-,35?,36-,37?,38-,45+,46+/m0/s1. The van der Waals surface area contributed by atoms with Crippen LogP contribution in [0.2, 0.25) is 0 Å². The van der Waals surface area contributed by atoms with Gasteiger partial charge in [-0.25, -0.2) is 38.7 Å². The fourth-order valence-corrected chi connectivity index (χ4v) is 11.7. The number of imide groups is 1. The fourth-order valence-electron chi connectivity index (χ4n) is 9.78. The van der Waals surface area contributed by atoms with Crippen LogP contribution in [0.15, 0.2) is 60.2 Å². The smallest absolute Gasteiger partial charge is 0.444 e. The summed E-state index contributed by atoms with van der Waals surface area (Å²) in [4.78, 5) is 147. The molecule has 0 aliphatic carbocycles. The van der Waals surface area contributed by atoms with E-state index in [9.17, 15) is 67.5 Å². The molecule has 1 aromatic carbocycles. The van der Waals surface area contributed by atoms with Gasteiger partial charge in [-0.15, -0.1) is 0 Å². The number of fused-ring (bicyclic) bond motifs is 5. The van der Waals surface area contributed by atoms with Crippen molar-refractivity contribution in [3.8, 4) is 0 Å². The average Bonchev–Trinajstić information content (AvgIpc) is 1.69. The number of hydrogen-bond acceptors (Lipinski definition) is 25. The number of unbranched alkanes of at least 4 members (excludes halogenated alkanes) is 2. The third-order valence-electron chi connectivity index (χ3n) is 14.2. The Labute approximate surface area is 496 Å². The summed E-state index contributed by atoms with van der Waals surface area (Å²) in [6.07, 6.45) is -7.49. The number of aliphatic hydroxyl groups is 2. The summed E-state index contributed by atoms with van der Waals surface area (Å²) in [7, 11) is -10.5. The minimum absolute atomic E-state index is 0.0496. The molecule has 88 heavy (non-hydrogen) atoms. The molecule has 4 aromatic heterocycles. The first-order valence-electron chi connectivity index (χ1n) is 27.2. The number of carbonyl (C=O) groups is 7. The summed E-state index contributed by atoms with van der Waals surface area (Å²) < 4.78 is 67.8. The van der Waals surface area contributed by atoms with Gasteiger partial charge in [0.1, 0.15) is 61.6 Å². The van der Waals surface area contributed by atoms with Crippen molar-refractivity contribution in [2.24, 2.45) is 11.7 Å². The number of anilines is 3. The average molecular weight is 1270 g/mol. The number of nitrogens with one attached hydrogen (secondary N) is 6. The molecule has 5 aromatic rings. The molecule has 0 radical (unpaired) electrons. The monoisotopic (exact) mass is 1270 g/mol. The van der Waals surface area contributed by atoms with Gasteiger partial charge in [0.05, 0.1) is 25.9 Å². The number of hydrogen-bond donors (Lipinski definition) is 12. The number of nitrogen functional groups attached to an aromatic ring is 1. The predicted molar refractivity (Wildman–Crippen MR) is 298 cm³/mol. The van der Waals surface area contributed by atoms with Crippen LogP contribution in [0.3, 0.4) is 0 Å². The van der Waals surface area contributed by atoms with Crippen molar-refractivity contribution < 1.29 is 95.0 Å². The van der Waals surface area contributed by atoms with E-state index in [0.29, 0.717) is 24.8 Å². The van der Waals surface area contributed by atoms with E-state index in [1.165, 1.54) is 36.4 Å². The van der Waals surface area contributed by atoms with E-state index in [1.807, 2.05) is 0 Å². The van der Waals surface area contributed by atoms with Crippen molar-refractivity contribution in [1.82, 2.24) is 59.9 Å². The van der Waals surface area contributed by atoms with E-state index >= 15 is 0 Å². The maximum Gasteiger partial charge on any atom is 0.472 e. The van der Waals surface area contributed by atoms with Crippen LogP contribution in [-0.2, 0) is 72.0 Å². The van der Waals surface area contributed by atoms with Gasteiger partial charge in [0.2, 0.25) is 23.7 Å². The van der Waals surface area contributed by atoms with E-state index in [0.717, 1.165) is 33.0 Å². The second-order valence-corrected chi connectivity index (χ2v) is 23.6. The minimum atomic E-state index is -5.31. The fraction of sp³-hybridized carbons (Fsp3) is 0.490. The number of ether oxygens (including phenoxy) is 3. The summed E-state index contributed by atoms with van der Waals surface area (Å²) in [5.74, 6) is -3.39. The van der Waals surface area contributed by atoms with Crippen LogP contribution in [-0.4, -0.2) is 181 Å². The number of rotatable bonds is 21. The van der Waals surface area contributed by atoms with Crippen LogP contribution < -0.4 is 43.6 Å². The molecule has 2 bridgehead atoms. The van der Waals surface area contributed by atoms with Crippen LogP contribution in [0.25, 0.3) is 22.3 Å². The highest BCUT2D eigenvalue weighted by Gasteiger charge is 2.54. The van der Waals surface area contributed by atoms with E-state index in [4.69, 9.17) is 43.8 Å². The van der Waals surface area contributed by atoms with Gasteiger partial charge in [-0.1, -0.05) is 32.4 Å². The molecule has 4 unspecified atom stereocenters. The maximum absolute atomic E-state index is 13.7. The van der Waals surface area contributed by atoms with Gasteiger partial charge in [-0.05, 0) is 49.3 Å². The molecule has 3 fully saturated rings. The van der Waals surface area contributed by atoms with E-state index in [2.05, 4.69) is 56.5 Å². The SMILES string of the molecule is CC(C)[C@H](NC(=O)CCCCCN1C(=O)C=CC1=O)C(=O)N[C@@H](CCCNC(N)=O)C(=O)Nc1ccc(COC(=O)Nc2ncnc3c2ncn3[C@@H]2O[C@@H]3COP(=O)(O)OC4[C@@H](COP(=O)(O)O[C@H]2C3O)O[C@@H](n2cnc3c(=O)[nH]c(N)nc32)[C@H]4O)cc1. The van der Waals surface area contributed by atoms with Gasteiger partial charge in [0.15, 0.2) is 40.6 Å². The highest BCUT2D eigenvalue weighted by molar-refractivity contribution is 7.47. The lowest BCUT2D eigenvalue weighted by atomic mass is 10.0. The Morgan fingerprint density at radius 1 is 0.784 bits per heavy atom. The Kier molecular flexibility index (Phi) is 20.1. The molecule has 8 heterocycles. The maximum atomic E-state index is 13.7. The summed E-state index contributed by atoms with van der Waals surface area (Å²) in [6.45, 7) is 1.54. The zero-order valence-electron chi connectivity index (χ0n) is 46.7. The highest BCUT2D eigenvalue weighted by Crippen LogP contribution is 2.54. The van der Waals surface area contributed by atoms with Crippen molar-refractivity contribution >= 4 is 97.1 Å². The molecule has 4 aliphatic rings. The number of nitrogens with zero attached hydrogens (tertiary/aromatic N) is 8. The molecule has 39 heteroatoms. The summed E-state index contributed by atoms with van der Waals surface area (Å²) >= 11 is 0. The molecule has 8 amide bonds. The molecule has 474 valence electrons. The second-order valence-electron chi connectivity index (χ2n) is 20.7. The van der Waals surface area contributed by atoms with E-state index < -0.39 is 143 Å². The van der Waals surface area contributed by atoms with E-state index in [1.54, 1.807) is 13.8 Å². The molecule has 12 atom stereocenters. The topological polar surface area (TPSA) is 522 Å². The first kappa shape index (κ1) is 64.3. The predicted octanol–water partition coefficient (Wildman–Crippen LogP) is -0.677. The Morgan fingerprint density at radius 3 is 2.14 bits per heavy atom. The van der Waals surface area contributed by atoms with Gasteiger partial charge in [-0.2, -0.15) is 4.98 Å². The van der Waals surface area contributed by atoms with E-state index in [-0.39, 0.29) is 78.7 Å². The van der Waals surface area contributed by atoms with Crippen LogP contribution >= 0.6 is 15.6 Å². The molecule has 3 saturated heterocycles. The van der Waals surface area contributed by atoms with Gasteiger partial charge in [-0.3, -0.25) is 71.2 Å². The van der Waals surface area contributed by atoms with Gasteiger partial charge >= 0.3 is 27.8 Å². The third-order valence-corrected chi connectivity index (χ3v) is 16.1. The lowest BCUT2D eigenvalue weighted by Crippen LogP contribution is -2.54. The Bertz CT molecular complexity index is 3620. The third kappa shape index (κ3) is 15.4. The normalized spacial score (nSPS) is 26.2. The zero-order chi connectivity index (χ0) is 63.2. The van der Waals surface area contributed by atoms with Crippen molar-refractivity contribution in [3.05, 3.63) is 71.3 Å². The quantitative estimate of drug-likeness (QED) is 0.0246. The molecule has 14 N–H and O–H groups in total. The van der Waals surface area contributed by atoms with Crippen LogP contribution in [0.5, 0.6) is 0 Å². The largest absolute Gasteiger partial charge is 0.472 e. The lowest BCUT2D eigenvalue weighted by molar-refractivity contribution is -0.137. The number of nitrogens with two attached hydrogens (primary N) is 2. The van der Waals surface area contributed by atoms with Crippen LogP contribution in [0.4, 0.5) is 27.0 Å². The molecular formula is C49H62N16O21P2. The number of imidazole rings is 2. The first-order chi connectivity index (χ1) is 41.8. The molecule has 37 nitrogen and oxygen atoms in total. The number of carbonyl (C=O) groups excluding carboxylic acids is 7. The number of phosphoric acid groups is 2. The number of benzene rings is 1. The number of aromatic amines is 1. The summed E-state index contributed by atoms with van der Waals surface area (Å²) in [5, 5.41) is 35.8. The lowest BCUT2D eigenvalue weighted by Gasteiger charge is -2.25. The second kappa shape index (κ2) is 27.5. The number of primary amides is 1. The zero-order valence-corrected chi connectivity index (χ0v) is 48.5. The first-order valence-corrected chi connectivity index (χ1v) is 30.2. The van der Waals surface area contributed by atoms with Gasteiger partial charge < -0.3 is 66.9 Å². The molecule has 0 spiro atoms. The highest BCUT2D eigenvalue weighted by atomic mass is 31.2. The molecule has 0 saturated carbocycles. The summed E-state index contributed by atoms with van der Waals surface area (Å²) in [6, 6.07) is 3.12. The number of aromatic nitrogens is 8. The van der Waals surface area contributed by atoms with Crippen molar-refractivity contribution in [1.29, 1.82) is 0 Å². The number of H-pyrrole nitrogens is 1. The Morgan fingerprint density at radius 2 is 1.44 bits per heavy atom. The van der Waals surface area contributed by atoms with Crippen LogP contribution in [0, 0.1) is 5.92 Å². The van der Waals surface area contributed by atoms with Crippen LogP contribution in [0.1, 0.15) is 70.4 Å². The van der Waals surface area contributed by atoms with Crippen molar-refractivity contribution in [2.45, 2.75) is 120 Å². The molecule has 9 rings (SSSR count). The molecular weight excluding hydrogens is 1210 g/mol. The van der Waals surface area contributed by atoms with Gasteiger partial charge in [0, 0.05) is 37.3 Å². The Balaban J connectivity index is 0.797. The van der Waals surface area contributed by atoms with Crippen molar-refractivity contribution in [2.75, 3.05) is 42.7 Å². The van der Waals surface area contributed by atoms with Crippen molar-refractivity contribution in [3.63, 3.8) is 0 Å². The summed E-state index contributed by atoms with van der Waals surface area (Å²) in [5.41, 5.74) is 10.3. The number of aliphatic hydroxyl groups excluding tert-OH is 2. The Hall–Kier alpha value is -8.19.